The third-order valence-corrected chi connectivity index (χ3v) is 8.55. The van der Waals surface area contributed by atoms with Gasteiger partial charge in [-0.3, -0.25) is 14.4 Å². The highest BCUT2D eigenvalue weighted by atomic mass is 32.1. The minimum absolute atomic E-state index is 0.153. The van der Waals surface area contributed by atoms with Crippen LogP contribution in [0.3, 0.4) is 0 Å². The molecule has 2 aromatic rings. The predicted molar refractivity (Wildman–Crippen MR) is 154 cm³/mol. The molecule has 0 spiro atoms. The molecule has 10 nitrogen and oxygen atoms in total. The minimum atomic E-state index is -0.628. The summed E-state index contributed by atoms with van der Waals surface area (Å²) in [6.07, 6.45) is 4.94. The average Bonchev–Trinajstić information content (AvgIpc) is 3.75. The lowest BCUT2D eigenvalue weighted by Crippen LogP contribution is -2.50. The zero-order valence-corrected chi connectivity index (χ0v) is 24.1. The number of ether oxygens (including phenoxy) is 1. The first kappa shape index (κ1) is 30.1. The molecule has 1 aromatic carbocycles. The maximum Gasteiger partial charge on any atom is 0.243 e. The summed E-state index contributed by atoms with van der Waals surface area (Å²) in [4.78, 5) is 47.5. The minimum Gasteiger partial charge on any atom is -0.394 e. The van der Waals surface area contributed by atoms with Crippen molar-refractivity contribution in [3.63, 3.8) is 0 Å². The fourth-order valence-electron chi connectivity index (χ4n) is 5.31. The molecule has 2 aliphatic rings. The second kappa shape index (κ2) is 15.2. The molecule has 40 heavy (non-hydrogen) atoms. The summed E-state index contributed by atoms with van der Waals surface area (Å²) in [6, 6.07) is 6.48. The molecule has 0 bridgehead atoms. The number of carbonyl (C=O) groups is 3. The van der Waals surface area contributed by atoms with Crippen LogP contribution in [0, 0.1) is 6.92 Å². The Kier molecular flexibility index (Phi) is 11.5. The Hall–Kier alpha value is -2.86. The number of thiazole rings is 1. The van der Waals surface area contributed by atoms with Crippen LogP contribution in [-0.4, -0.2) is 96.2 Å². The van der Waals surface area contributed by atoms with E-state index in [1.165, 1.54) is 30.8 Å². The molecular weight excluding hydrogens is 530 g/mol. The van der Waals surface area contributed by atoms with Crippen molar-refractivity contribution in [3.8, 4) is 10.4 Å². The predicted octanol–water partition coefficient (Wildman–Crippen LogP) is 2.27. The topological polar surface area (TPSA) is 124 Å². The smallest absolute Gasteiger partial charge is 0.243 e. The fourth-order valence-corrected chi connectivity index (χ4v) is 6.13. The van der Waals surface area contributed by atoms with Gasteiger partial charge < -0.3 is 30.3 Å². The van der Waals surface area contributed by atoms with Crippen LogP contribution in [-0.2, 0) is 19.1 Å². The van der Waals surface area contributed by atoms with Crippen molar-refractivity contribution in [2.24, 2.45) is 0 Å². The number of likely N-dealkylation sites (tertiary alicyclic amines) is 2. The molecule has 0 saturated carbocycles. The molecule has 0 aliphatic carbocycles. The zero-order chi connectivity index (χ0) is 28.3. The first-order valence-electron chi connectivity index (χ1n) is 14.2. The number of rotatable bonds is 14. The van der Waals surface area contributed by atoms with Crippen molar-refractivity contribution >= 4 is 29.1 Å². The highest BCUT2D eigenvalue weighted by Gasteiger charge is 2.35. The second-order valence-electron chi connectivity index (χ2n) is 10.4. The van der Waals surface area contributed by atoms with Gasteiger partial charge in [-0.05, 0) is 63.2 Å². The van der Waals surface area contributed by atoms with Gasteiger partial charge in [0, 0.05) is 26.1 Å². The Bertz CT molecular complexity index is 1120. The number of hydrogen-bond donors (Lipinski definition) is 3. The molecule has 2 atom stereocenters. The number of aryl methyl sites for hydroxylation is 1. The Labute approximate surface area is 240 Å². The molecule has 2 unspecified atom stereocenters. The number of carbonyl (C=O) groups excluding carboxylic acids is 3. The quantitative estimate of drug-likeness (QED) is 0.297. The number of hydrogen-bond acceptors (Lipinski definition) is 8. The number of aliphatic hydroxyl groups excluding tert-OH is 1. The van der Waals surface area contributed by atoms with Gasteiger partial charge in [0.1, 0.15) is 6.04 Å². The number of benzene rings is 1. The van der Waals surface area contributed by atoms with Crippen molar-refractivity contribution < 1.29 is 24.2 Å². The molecule has 3 N–H and O–H groups in total. The van der Waals surface area contributed by atoms with Crippen molar-refractivity contribution in [1.29, 1.82) is 0 Å². The van der Waals surface area contributed by atoms with Crippen LogP contribution in [0.2, 0.25) is 0 Å². The van der Waals surface area contributed by atoms with E-state index in [-0.39, 0.29) is 37.3 Å². The molecule has 1 aromatic heterocycles. The van der Waals surface area contributed by atoms with E-state index in [4.69, 9.17) is 4.74 Å². The van der Waals surface area contributed by atoms with E-state index < -0.39 is 12.1 Å². The molecule has 2 aliphatic heterocycles. The van der Waals surface area contributed by atoms with Crippen LogP contribution in [0.25, 0.3) is 10.4 Å². The lowest BCUT2D eigenvalue weighted by atomic mass is 10.0. The van der Waals surface area contributed by atoms with E-state index in [1.54, 1.807) is 11.3 Å². The first-order chi connectivity index (χ1) is 19.5. The SMILES string of the molecule is Cc1ncsc1-c1ccc(C(CO)NC(=O)C2CCCN2C(=O)CNC(=O)CCOCCCN2CCCC2)cc1. The third kappa shape index (κ3) is 8.33. The molecule has 2 fully saturated rings. The Balaban J connectivity index is 1.18. The van der Waals surface area contributed by atoms with Crippen molar-refractivity contribution in [3.05, 3.63) is 41.0 Å². The number of nitrogens with zero attached hydrogens (tertiary/aromatic N) is 3. The van der Waals surface area contributed by atoms with Crippen molar-refractivity contribution in [2.45, 2.75) is 57.5 Å². The summed E-state index contributed by atoms with van der Waals surface area (Å²) in [5.41, 5.74) is 4.58. The molecule has 11 heteroatoms. The maximum absolute atomic E-state index is 13.1. The number of nitrogens with one attached hydrogen (secondary N) is 2. The number of aromatic nitrogens is 1. The van der Waals surface area contributed by atoms with E-state index in [0.717, 1.165) is 34.7 Å². The monoisotopic (exact) mass is 571 g/mol. The van der Waals surface area contributed by atoms with Crippen LogP contribution >= 0.6 is 11.3 Å². The van der Waals surface area contributed by atoms with E-state index >= 15 is 0 Å². The summed E-state index contributed by atoms with van der Waals surface area (Å²) in [7, 11) is 0. The molecule has 4 rings (SSSR count). The van der Waals surface area contributed by atoms with Gasteiger partial charge in [0.2, 0.25) is 17.7 Å². The van der Waals surface area contributed by atoms with Gasteiger partial charge in [0.25, 0.3) is 0 Å². The second-order valence-corrected chi connectivity index (χ2v) is 11.3. The Morgan fingerprint density at radius 1 is 1.12 bits per heavy atom. The lowest BCUT2D eigenvalue weighted by molar-refractivity contribution is -0.139. The van der Waals surface area contributed by atoms with Crippen LogP contribution in [0.4, 0.5) is 0 Å². The molecular formula is C29H41N5O5S. The third-order valence-electron chi connectivity index (χ3n) is 7.57. The molecule has 2 saturated heterocycles. The van der Waals surface area contributed by atoms with E-state index in [0.29, 0.717) is 32.6 Å². The van der Waals surface area contributed by atoms with Crippen molar-refractivity contribution in [1.82, 2.24) is 25.4 Å². The van der Waals surface area contributed by atoms with Gasteiger partial charge in [0.05, 0.1) is 41.9 Å². The summed E-state index contributed by atoms with van der Waals surface area (Å²) >= 11 is 1.57. The Morgan fingerprint density at radius 3 is 2.60 bits per heavy atom. The van der Waals surface area contributed by atoms with Crippen LogP contribution in [0.1, 0.15) is 55.8 Å². The fraction of sp³-hybridized carbons (Fsp3) is 0.586. The lowest BCUT2D eigenvalue weighted by Gasteiger charge is -2.26. The summed E-state index contributed by atoms with van der Waals surface area (Å²) in [5, 5.41) is 15.6. The van der Waals surface area contributed by atoms with Gasteiger partial charge in [0.15, 0.2) is 0 Å². The zero-order valence-electron chi connectivity index (χ0n) is 23.3. The molecule has 3 heterocycles. The normalized spacial score (nSPS) is 18.1. The highest BCUT2D eigenvalue weighted by Crippen LogP contribution is 2.28. The van der Waals surface area contributed by atoms with Gasteiger partial charge in [-0.2, -0.15) is 0 Å². The van der Waals surface area contributed by atoms with Crippen LogP contribution in [0.5, 0.6) is 0 Å². The summed E-state index contributed by atoms with van der Waals surface area (Å²) < 4.78 is 5.58. The van der Waals surface area contributed by atoms with Crippen molar-refractivity contribution in [2.75, 3.05) is 52.5 Å². The maximum atomic E-state index is 13.1. The van der Waals surface area contributed by atoms with E-state index in [1.807, 2.05) is 36.7 Å². The molecule has 218 valence electrons. The van der Waals surface area contributed by atoms with E-state index in [9.17, 15) is 19.5 Å². The highest BCUT2D eigenvalue weighted by molar-refractivity contribution is 7.13. The van der Waals surface area contributed by atoms with E-state index in [2.05, 4.69) is 20.5 Å². The number of aliphatic hydroxyl groups is 1. The van der Waals surface area contributed by atoms with Gasteiger partial charge in [-0.1, -0.05) is 24.3 Å². The first-order valence-corrected chi connectivity index (χ1v) is 15.1. The molecule has 3 amide bonds. The average molecular weight is 572 g/mol. The number of amides is 3. The van der Waals surface area contributed by atoms with Gasteiger partial charge in [-0.25, -0.2) is 4.98 Å². The van der Waals surface area contributed by atoms with Gasteiger partial charge in [-0.15, -0.1) is 11.3 Å². The van der Waals surface area contributed by atoms with Crippen LogP contribution < -0.4 is 10.6 Å². The summed E-state index contributed by atoms with van der Waals surface area (Å²) in [5.74, 6) is -0.839. The Morgan fingerprint density at radius 2 is 1.90 bits per heavy atom. The standard InChI is InChI=1S/C29H41N5O5S/c1-21-28(40-20-31-21)23-9-7-22(8-10-23)24(19-35)32-29(38)25-6-4-15-34(25)27(37)18-30-26(36)11-17-39-16-5-14-33-12-2-3-13-33/h7-10,20,24-25,35H,2-6,11-19H2,1H3,(H,30,36)(H,32,38). The largest absolute Gasteiger partial charge is 0.394 e. The van der Waals surface area contributed by atoms with Crippen LogP contribution in [0.15, 0.2) is 29.8 Å². The van der Waals surface area contributed by atoms with Gasteiger partial charge >= 0.3 is 0 Å². The molecule has 0 radical (unpaired) electrons. The summed E-state index contributed by atoms with van der Waals surface area (Å²) in [6.45, 7) is 6.31.